The summed E-state index contributed by atoms with van der Waals surface area (Å²) in [5.41, 5.74) is 14.2. The maximum atomic E-state index is 2.57. The van der Waals surface area contributed by atoms with Gasteiger partial charge in [0.25, 0.3) is 0 Å². The molecule has 0 atom stereocenters. The van der Waals surface area contributed by atoms with Crippen LogP contribution >= 0.6 is 0 Å². The third kappa shape index (κ3) is 3.32. The lowest BCUT2D eigenvalue weighted by Crippen LogP contribution is -2.59. The minimum Gasteiger partial charge on any atom is -0.311 e. The Morgan fingerprint density at radius 2 is 1.15 bits per heavy atom. The zero-order valence-electron chi connectivity index (χ0n) is 25.9. The van der Waals surface area contributed by atoms with Crippen LogP contribution in [0.1, 0.15) is 25.0 Å². The molecule has 0 saturated heterocycles. The van der Waals surface area contributed by atoms with Gasteiger partial charge in [0.1, 0.15) is 0 Å². The Hall–Kier alpha value is -5.54. The van der Waals surface area contributed by atoms with E-state index < -0.39 is 0 Å². The van der Waals surface area contributed by atoms with Crippen LogP contribution in [0.5, 0.6) is 0 Å². The number of para-hydroxylation sites is 3. The van der Waals surface area contributed by atoms with Gasteiger partial charge in [-0.05, 0) is 75.3 Å². The van der Waals surface area contributed by atoms with Crippen molar-refractivity contribution in [1.82, 2.24) is 4.57 Å². The molecule has 7 aromatic carbocycles. The van der Waals surface area contributed by atoms with E-state index in [0.29, 0.717) is 0 Å². The number of anilines is 3. The van der Waals surface area contributed by atoms with Crippen molar-refractivity contribution in [2.24, 2.45) is 0 Å². The van der Waals surface area contributed by atoms with Gasteiger partial charge in [-0.25, -0.2) is 0 Å². The predicted octanol–water partition coefficient (Wildman–Crippen LogP) is 8.88. The third-order valence-electron chi connectivity index (χ3n) is 10.6. The molecule has 0 amide bonds. The van der Waals surface area contributed by atoms with E-state index in [2.05, 4.69) is 175 Å². The molecule has 3 heteroatoms. The molecule has 0 aliphatic carbocycles. The molecule has 0 fully saturated rings. The summed E-state index contributed by atoms with van der Waals surface area (Å²) in [5.74, 6) is 0. The molecular formula is C43H31BN2. The molecular weight excluding hydrogens is 555 g/mol. The van der Waals surface area contributed by atoms with E-state index in [4.69, 9.17) is 0 Å². The molecule has 0 saturated carbocycles. The van der Waals surface area contributed by atoms with Gasteiger partial charge in [-0.15, -0.1) is 0 Å². The Morgan fingerprint density at radius 1 is 0.522 bits per heavy atom. The molecule has 2 aliphatic heterocycles. The van der Waals surface area contributed by atoms with E-state index in [1.807, 2.05) is 0 Å². The van der Waals surface area contributed by atoms with Crippen LogP contribution in [0, 0.1) is 0 Å². The van der Waals surface area contributed by atoms with Gasteiger partial charge < -0.3 is 9.47 Å². The molecule has 0 unspecified atom stereocenters. The minimum atomic E-state index is -0.150. The molecule has 0 bridgehead atoms. The zero-order valence-corrected chi connectivity index (χ0v) is 25.9. The standard InChI is InChI=1S/C43H31BN2/c1-43(2)34-20-10-13-23-39(34)46-40-25-24-30(45-37-21-11-8-18-32(37)33-19-9-12-22-38(33)45)27-36(40)44(29-15-4-3-5-16-29)41-31-17-7-6-14-28(31)26-35(43)42(41)46/h3-27H,1-2H3. The van der Waals surface area contributed by atoms with Crippen LogP contribution in [0.2, 0.25) is 0 Å². The fraction of sp³-hybridized carbons (Fsp3) is 0.0698. The van der Waals surface area contributed by atoms with Crippen LogP contribution in [-0.4, -0.2) is 11.3 Å². The SMILES string of the molecule is CC1(C)c2ccccc2N2c3ccc(-n4c5ccccc5c5ccccc54)cc3B(c3ccccc3)c3c2c1cc1ccccc31. The fourth-order valence-corrected chi connectivity index (χ4v) is 8.55. The van der Waals surface area contributed by atoms with Gasteiger partial charge >= 0.3 is 0 Å². The summed E-state index contributed by atoms with van der Waals surface area (Å²) in [4.78, 5) is 2.57. The molecule has 0 spiro atoms. The average Bonchev–Trinajstić information content (AvgIpc) is 3.44. The fourth-order valence-electron chi connectivity index (χ4n) is 8.55. The van der Waals surface area contributed by atoms with Crippen molar-refractivity contribution < 1.29 is 0 Å². The van der Waals surface area contributed by atoms with Crippen LogP contribution in [0.4, 0.5) is 17.1 Å². The molecule has 3 heterocycles. The normalized spacial score (nSPS) is 14.4. The van der Waals surface area contributed by atoms with Crippen LogP contribution in [0.25, 0.3) is 38.3 Å². The highest BCUT2D eigenvalue weighted by Crippen LogP contribution is 2.53. The van der Waals surface area contributed by atoms with E-state index in [-0.39, 0.29) is 12.1 Å². The van der Waals surface area contributed by atoms with E-state index in [1.165, 1.54) is 82.8 Å². The van der Waals surface area contributed by atoms with Crippen LogP contribution in [-0.2, 0) is 5.41 Å². The third-order valence-corrected chi connectivity index (χ3v) is 10.6. The summed E-state index contributed by atoms with van der Waals surface area (Å²) in [6.45, 7) is 4.86. The Labute approximate surface area is 269 Å². The second-order valence-electron chi connectivity index (χ2n) is 13.3. The lowest BCUT2D eigenvalue weighted by Gasteiger charge is -2.47. The minimum absolute atomic E-state index is 0.0707. The van der Waals surface area contributed by atoms with E-state index >= 15 is 0 Å². The second-order valence-corrected chi connectivity index (χ2v) is 13.3. The Bertz CT molecular complexity index is 2470. The van der Waals surface area contributed by atoms with Crippen molar-refractivity contribution in [2.75, 3.05) is 4.90 Å². The van der Waals surface area contributed by atoms with Gasteiger partial charge in [0.2, 0.25) is 6.71 Å². The summed E-state index contributed by atoms with van der Waals surface area (Å²) >= 11 is 0. The summed E-state index contributed by atoms with van der Waals surface area (Å²) in [5, 5.41) is 5.18. The molecule has 46 heavy (non-hydrogen) atoms. The number of aromatic nitrogens is 1. The lowest BCUT2D eigenvalue weighted by atomic mass is 9.34. The molecule has 0 radical (unpaired) electrons. The van der Waals surface area contributed by atoms with Crippen molar-refractivity contribution in [2.45, 2.75) is 19.3 Å². The van der Waals surface area contributed by atoms with Gasteiger partial charge in [-0.2, -0.15) is 0 Å². The number of nitrogens with zero attached hydrogens (tertiary/aromatic N) is 2. The number of hydrogen-bond donors (Lipinski definition) is 0. The average molecular weight is 587 g/mol. The monoisotopic (exact) mass is 586 g/mol. The summed E-state index contributed by atoms with van der Waals surface area (Å²) < 4.78 is 2.45. The molecule has 10 rings (SSSR count). The highest BCUT2D eigenvalue weighted by molar-refractivity contribution is 6.99. The lowest BCUT2D eigenvalue weighted by molar-refractivity contribution is 0.633. The highest BCUT2D eigenvalue weighted by Gasteiger charge is 2.45. The topological polar surface area (TPSA) is 8.17 Å². The van der Waals surface area contributed by atoms with Crippen molar-refractivity contribution in [1.29, 1.82) is 0 Å². The number of fused-ring (bicyclic) bond motifs is 9. The van der Waals surface area contributed by atoms with E-state index in [0.717, 1.165) is 0 Å². The van der Waals surface area contributed by atoms with Crippen LogP contribution < -0.4 is 21.3 Å². The van der Waals surface area contributed by atoms with E-state index in [9.17, 15) is 0 Å². The first kappa shape index (κ1) is 25.8. The Balaban J connectivity index is 1.36. The summed E-state index contributed by atoms with van der Waals surface area (Å²) in [7, 11) is 0. The molecule has 2 nitrogen and oxygen atoms in total. The smallest absolute Gasteiger partial charge is 0.247 e. The van der Waals surface area contributed by atoms with Crippen molar-refractivity contribution >= 4 is 72.7 Å². The number of hydrogen-bond acceptors (Lipinski definition) is 1. The van der Waals surface area contributed by atoms with Gasteiger partial charge in [-0.1, -0.05) is 129 Å². The molecule has 8 aromatic rings. The van der Waals surface area contributed by atoms with Crippen LogP contribution in [0.15, 0.2) is 152 Å². The van der Waals surface area contributed by atoms with Crippen molar-refractivity contribution in [3.63, 3.8) is 0 Å². The molecule has 2 aliphatic rings. The summed E-state index contributed by atoms with van der Waals surface area (Å²) in [6.07, 6.45) is 0. The van der Waals surface area contributed by atoms with Gasteiger partial charge in [0.05, 0.1) is 16.7 Å². The molecule has 216 valence electrons. The van der Waals surface area contributed by atoms with Gasteiger partial charge in [0.15, 0.2) is 0 Å². The first-order valence-electron chi connectivity index (χ1n) is 16.2. The highest BCUT2D eigenvalue weighted by atomic mass is 15.2. The van der Waals surface area contributed by atoms with Gasteiger partial charge in [-0.3, -0.25) is 0 Å². The largest absolute Gasteiger partial charge is 0.311 e. The molecule has 1 aromatic heterocycles. The maximum absolute atomic E-state index is 2.57. The Morgan fingerprint density at radius 3 is 1.91 bits per heavy atom. The Kier molecular flexibility index (Phi) is 5.18. The molecule has 0 N–H and O–H groups in total. The second kappa shape index (κ2) is 9.25. The predicted molar refractivity (Wildman–Crippen MR) is 196 cm³/mol. The van der Waals surface area contributed by atoms with Crippen LogP contribution in [0.3, 0.4) is 0 Å². The number of benzene rings is 7. The summed E-state index contributed by atoms with van der Waals surface area (Å²) in [6, 6.07) is 56.4. The first-order valence-corrected chi connectivity index (χ1v) is 16.2. The van der Waals surface area contributed by atoms with Crippen molar-refractivity contribution in [3.8, 4) is 5.69 Å². The number of rotatable bonds is 2. The first-order chi connectivity index (χ1) is 22.6. The van der Waals surface area contributed by atoms with Gasteiger partial charge in [0, 0.05) is 33.2 Å². The van der Waals surface area contributed by atoms with Crippen molar-refractivity contribution in [3.05, 3.63) is 163 Å². The zero-order chi connectivity index (χ0) is 30.6. The maximum Gasteiger partial charge on any atom is 0.247 e. The van der Waals surface area contributed by atoms with E-state index in [1.54, 1.807) is 0 Å². The quantitative estimate of drug-likeness (QED) is 0.184.